The van der Waals surface area contributed by atoms with Gasteiger partial charge >= 0.3 is 5.97 Å². The van der Waals surface area contributed by atoms with E-state index in [4.69, 9.17) is 10.5 Å². The van der Waals surface area contributed by atoms with E-state index in [2.05, 4.69) is 6.92 Å². The Hall–Kier alpha value is -2.18. The molecule has 3 atom stereocenters. The zero-order valence-corrected chi connectivity index (χ0v) is 17.3. The van der Waals surface area contributed by atoms with E-state index >= 15 is 0 Å². The number of hydrogen-bond acceptors (Lipinski definition) is 5. The summed E-state index contributed by atoms with van der Waals surface area (Å²) >= 11 is 0. The summed E-state index contributed by atoms with van der Waals surface area (Å²) in [4.78, 5) is 13.0. The van der Waals surface area contributed by atoms with Crippen molar-refractivity contribution >= 4 is 15.8 Å². The quantitative estimate of drug-likeness (QED) is 0.721. The summed E-state index contributed by atoms with van der Waals surface area (Å²) in [5.74, 6) is -1.06. The molecule has 1 aliphatic carbocycles. The second kappa shape index (κ2) is 7.68. The molecule has 0 amide bonds. The summed E-state index contributed by atoms with van der Waals surface area (Å²) in [5.41, 5.74) is 7.67. The second-order valence-electron chi connectivity index (χ2n) is 7.32. The lowest BCUT2D eigenvalue weighted by Gasteiger charge is -2.14. The van der Waals surface area contributed by atoms with Crippen LogP contribution in [0.3, 0.4) is 0 Å². The van der Waals surface area contributed by atoms with Crippen LogP contribution < -0.4 is 5.73 Å². The van der Waals surface area contributed by atoms with Gasteiger partial charge in [-0.05, 0) is 43.5 Å². The normalized spacial score (nSPS) is 24.0. The maximum absolute atomic E-state index is 13.4. The number of esters is 1. The molecule has 150 valence electrons. The molecule has 0 saturated heterocycles. The van der Waals surface area contributed by atoms with Crippen LogP contribution in [-0.2, 0) is 25.8 Å². The molecule has 0 aliphatic heterocycles. The number of nitrogens with two attached hydrogens (primary N) is 1. The molecule has 3 rings (SSSR count). The average molecular weight is 402 g/mol. The molecule has 6 heteroatoms. The Morgan fingerprint density at radius 2 is 1.68 bits per heavy atom. The minimum absolute atomic E-state index is 0.0816. The van der Waals surface area contributed by atoms with Crippen molar-refractivity contribution in [3.8, 4) is 0 Å². The highest BCUT2D eigenvalue weighted by molar-refractivity contribution is 7.92. The Kier molecular flexibility index (Phi) is 5.64. The minimum Gasteiger partial charge on any atom is -0.465 e. The first-order valence-corrected chi connectivity index (χ1v) is 11.1. The molecule has 0 aromatic heterocycles. The lowest BCUT2D eigenvalue weighted by Crippen LogP contribution is -2.33. The molecular weight excluding hydrogens is 374 g/mol. The number of ether oxygens (including phenoxy) is 1. The predicted molar refractivity (Wildman–Crippen MR) is 109 cm³/mol. The van der Waals surface area contributed by atoms with Gasteiger partial charge in [-0.25, -0.2) is 8.42 Å². The van der Waals surface area contributed by atoms with Crippen LogP contribution in [0.15, 0.2) is 53.4 Å². The zero-order valence-electron chi connectivity index (χ0n) is 16.5. The molecule has 0 spiro atoms. The van der Waals surface area contributed by atoms with Crippen molar-refractivity contribution in [3.05, 3.63) is 65.2 Å². The van der Waals surface area contributed by atoms with Gasteiger partial charge in [-0.1, -0.05) is 48.9 Å². The highest BCUT2D eigenvalue weighted by Crippen LogP contribution is 2.64. The fourth-order valence-electron chi connectivity index (χ4n) is 4.00. The van der Waals surface area contributed by atoms with E-state index in [1.807, 2.05) is 31.2 Å². The summed E-state index contributed by atoms with van der Waals surface area (Å²) in [6, 6.07) is 14.4. The summed E-state index contributed by atoms with van der Waals surface area (Å²) in [6.45, 7) is 5.76. The highest BCUT2D eigenvalue weighted by atomic mass is 32.2. The molecule has 0 heterocycles. The fraction of sp³-hybridized carbons (Fsp3) is 0.409. The van der Waals surface area contributed by atoms with Gasteiger partial charge in [-0.3, -0.25) is 4.79 Å². The van der Waals surface area contributed by atoms with Gasteiger partial charge in [0.25, 0.3) is 0 Å². The number of rotatable bonds is 7. The van der Waals surface area contributed by atoms with E-state index in [0.29, 0.717) is 0 Å². The molecule has 2 aromatic carbocycles. The molecule has 1 aliphatic rings. The minimum atomic E-state index is -3.76. The van der Waals surface area contributed by atoms with Crippen LogP contribution in [0.5, 0.6) is 0 Å². The summed E-state index contributed by atoms with van der Waals surface area (Å²) in [5, 5.41) is -0.931. The monoisotopic (exact) mass is 401 g/mol. The molecule has 5 nitrogen and oxygen atoms in total. The topological polar surface area (TPSA) is 86.5 Å². The third-order valence-corrected chi connectivity index (χ3v) is 7.97. The van der Waals surface area contributed by atoms with Crippen molar-refractivity contribution in [3.63, 3.8) is 0 Å². The number of carbonyl (C=O) groups is 1. The van der Waals surface area contributed by atoms with Crippen molar-refractivity contribution in [1.82, 2.24) is 0 Å². The molecular formula is C22H27NO4S. The van der Waals surface area contributed by atoms with Gasteiger partial charge < -0.3 is 10.5 Å². The van der Waals surface area contributed by atoms with Crippen LogP contribution in [0, 0.1) is 12.3 Å². The third kappa shape index (κ3) is 3.25. The van der Waals surface area contributed by atoms with E-state index in [1.54, 1.807) is 31.2 Å². The molecule has 1 saturated carbocycles. The lowest BCUT2D eigenvalue weighted by molar-refractivity contribution is -0.149. The van der Waals surface area contributed by atoms with E-state index in [0.717, 1.165) is 23.1 Å². The van der Waals surface area contributed by atoms with Gasteiger partial charge in [0.05, 0.1) is 16.8 Å². The molecule has 2 aromatic rings. The van der Waals surface area contributed by atoms with Gasteiger partial charge in [-0.15, -0.1) is 0 Å². The van der Waals surface area contributed by atoms with Gasteiger partial charge in [0.15, 0.2) is 9.84 Å². The molecule has 0 radical (unpaired) electrons. The first-order valence-electron chi connectivity index (χ1n) is 9.59. The van der Waals surface area contributed by atoms with Crippen LogP contribution in [-0.4, -0.2) is 32.8 Å². The Labute approximate surface area is 166 Å². The third-order valence-electron chi connectivity index (χ3n) is 5.68. The van der Waals surface area contributed by atoms with Crippen molar-refractivity contribution < 1.29 is 17.9 Å². The van der Waals surface area contributed by atoms with E-state index < -0.39 is 32.4 Å². The van der Waals surface area contributed by atoms with Gasteiger partial charge in [0, 0.05) is 12.5 Å². The van der Waals surface area contributed by atoms with E-state index in [9.17, 15) is 13.2 Å². The van der Waals surface area contributed by atoms with E-state index in [-0.39, 0.29) is 18.0 Å². The van der Waals surface area contributed by atoms with Crippen molar-refractivity contribution in [1.29, 1.82) is 0 Å². The smallest absolute Gasteiger partial charge is 0.315 e. The van der Waals surface area contributed by atoms with Crippen LogP contribution in [0.4, 0.5) is 0 Å². The van der Waals surface area contributed by atoms with E-state index in [1.165, 1.54) is 0 Å². The molecule has 1 fully saturated rings. The Bertz CT molecular complexity index is 951. The number of benzene rings is 2. The van der Waals surface area contributed by atoms with Crippen molar-refractivity contribution in [2.45, 2.75) is 43.3 Å². The maximum atomic E-state index is 13.4. The average Bonchev–Trinajstić information content (AvgIpc) is 3.40. The summed E-state index contributed by atoms with van der Waals surface area (Å²) < 4.78 is 32.1. The molecule has 28 heavy (non-hydrogen) atoms. The lowest BCUT2D eigenvalue weighted by atomic mass is 9.98. The SMILES string of the molecule is CCOC(=O)[C@]1(CN)[C@H](c2ccc(CC)cc2)[C@H]1S(=O)(=O)c1ccc(C)cc1. The molecule has 0 bridgehead atoms. The van der Waals surface area contributed by atoms with Crippen LogP contribution >= 0.6 is 0 Å². The Balaban J connectivity index is 2.09. The van der Waals surface area contributed by atoms with Crippen molar-refractivity contribution in [2.24, 2.45) is 11.1 Å². The summed E-state index contributed by atoms with van der Waals surface area (Å²) in [6.07, 6.45) is 0.885. The van der Waals surface area contributed by atoms with Gasteiger partial charge in [0.2, 0.25) is 0 Å². The first-order chi connectivity index (χ1) is 13.3. The first kappa shape index (κ1) is 20.6. The molecule has 0 unspecified atom stereocenters. The standard InChI is InChI=1S/C22H27NO4S/c1-4-16-8-10-17(11-9-16)19-20(22(19,14-23)21(24)27-5-2)28(25,26)18-12-6-15(3)7-13-18/h6-13,19-20H,4-5,14,23H2,1-3H3/t19-,20-,22-/m1/s1. The number of sulfone groups is 1. The summed E-state index contributed by atoms with van der Waals surface area (Å²) in [7, 11) is -3.76. The second-order valence-corrected chi connectivity index (χ2v) is 9.39. The maximum Gasteiger partial charge on any atom is 0.315 e. The van der Waals surface area contributed by atoms with Crippen LogP contribution in [0.2, 0.25) is 0 Å². The largest absolute Gasteiger partial charge is 0.465 e. The predicted octanol–water partition coefficient (Wildman–Crippen LogP) is 3.01. The van der Waals surface area contributed by atoms with Crippen LogP contribution in [0.1, 0.15) is 36.5 Å². The highest BCUT2D eigenvalue weighted by Gasteiger charge is 2.75. The van der Waals surface area contributed by atoms with Gasteiger partial charge in [-0.2, -0.15) is 0 Å². The van der Waals surface area contributed by atoms with Crippen molar-refractivity contribution in [2.75, 3.05) is 13.2 Å². The van der Waals surface area contributed by atoms with Crippen LogP contribution in [0.25, 0.3) is 0 Å². The van der Waals surface area contributed by atoms with Gasteiger partial charge in [0.1, 0.15) is 5.41 Å². The Morgan fingerprint density at radius 1 is 1.07 bits per heavy atom. The number of hydrogen-bond donors (Lipinski definition) is 1. The Morgan fingerprint density at radius 3 is 2.18 bits per heavy atom. The fourth-order valence-corrected chi connectivity index (χ4v) is 6.38. The number of carbonyl (C=O) groups excluding carboxylic acids is 1. The zero-order chi connectivity index (χ0) is 20.5. The number of aryl methyl sites for hydroxylation is 2. The molecule has 2 N–H and O–H groups in total.